The van der Waals surface area contributed by atoms with Crippen LogP contribution in [0.2, 0.25) is 0 Å². The molecule has 94 valence electrons. The molecule has 0 amide bonds. The molecule has 0 aliphatic heterocycles. The molecule has 1 aromatic heterocycles. The van der Waals surface area contributed by atoms with Crippen LogP contribution in [0, 0.1) is 0 Å². The maximum atomic E-state index is 11.8. The zero-order valence-corrected chi connectivity index (χ0v) is 11.7. The van der Waals surface area contributed by atoms with Gasteiger partial charge < -0.3 is 4.42 Å². The lowest BCUT2D eigenvalue weighted by molar-refractivity contribution is 0.0915. The van der Waals surface area contributed by atoms with E-state index in [9.17, 15) is 4.79 Å². The molecule has 1 aromatic carbocycles. The van der Waals surface area contributed by atoms with Gasteiger partial charge in [0.15, 0.2) is 5.76 Å². The van der Waals surface area contributed by atoms with Crippen molar-refractivity contribution in [2.24, 2.45) is 0 Å². The second kappa shape index (κ2) is 5.98. The molecule has 0 aliphatic rings. The van der Waals surface area contributed by atoms with Crippen LogP contribution in [0.5, 0.6) is 0 Å². The molecule has 2 rings (SSSR count). The van der Waals surface area contributed by atoms with Gasteiger partial charge >= 0.3 is 0 Å². The number of likely N-dealkylation sites (N-methyl/N-ethyl adjacent to an activating group) is 1. The van der Waals surface area contributed by atoms with Crippen LogP contribution in [0.3, 0.4) is 0 Å². The Hall–Kier alpha value is -1.39. The molecule has 0 spiro atoms. The van der Waals surface area contributed by atoms with Crippen LogP contribution in [0.25, 0.3) is 0 Å². The van der Waals surface area contributed by atoms with Crippen LogP contribution >= 0.6 is 15.9 Å². The lowest BCUT2D eigenvalue weighted by atomic mass is 10.2. The number of hydrogen-bond donors (Lipinski definition) is 0. The van der Waals surface area contributed by atoms with E-state index >= 15 is 0 Å². The van der Waals surface area contributed by atoms with Gasteiger partial charge in [-0.3, -0.25) is 9.69 Å². The van der Waals surface area contributed by atoms with E-state index in [1.54, 1.807) is 12.1 Å². The quantitative estimate of drug-likeness (QED) is 0.794. The van der Waals surface area contributed by atoms with E-state index in [0.717, 1.165) is 11.0 Å². The van der Waals surface area contributed by atoms with E-state index in [1.165, 1.54) is 11.8 Å². The number of rotatable bonds is 5. The highest BCUT2D eigenvalue weighted by Gasteiger charge is 2.11. The lowest BCUT2D eigenvalue weighted by Crippen LogP contribution is -2.25. The van der Waals surface area contributed by atoms with Crippen molar-refractivity contribution in [2.75, 3.05) is 13.6 Å². The first-order chi connectivity index (χ1) is 8.65. The Bertz CT molecular complexity index is 505. The smallest absolute Gasteiger partial charge is 0.211 e. The third-order valence-electron chi connectivity index (χ3n) is 2.58. The number of benzene rings is 1. The Labute approximate surface area is 115 Å². The van der Waals surface area contributed by atoms with Gasteiger partial charge in [0, 0.05) is 11.0 Å². The van der Waals surface area contributed by atoms with Gasteiger partial charge in [-0.1, -0.05) is 28.1 Å². The highest BCUT2D eigenvalue weighted by Crippen LogP contribution is 2.12. The van der Waals surface area contributed by atoms with E-state index < -0.39 is 0 Å². The molecule has 0 saturated heterocycles. The Morgan fingerprint density at radius 2 is 2.00 bits per heavy atom. The van der Waals surface area contributed by atoms with E-state index in [0.29, 0.717) is 12.3 Å². The van der Waals surface area contributed by atoms with Crippen LogP contribution < -0.4 is 0 Å². The van der Waals surface area contributed by atoms with E-state index in [4.69, 9.17) is 4.42 Å². The Morgan fingerprint density at radius 1 is 1.28 bits per heavy atom. The van der Waals surface area contributed by atoms with Crippen LogP contribution in [0.1, 0.15) is 16.1 Å². The minimum Gasteiger partial charge on any atom is -0.461 e. The molecule has 0 atom stereocenters. The minimum absolute atomic E-state index is 0.000360. The molecule has 0 bridgehead atoms. The number of carbonyl (C=O) groups excluding carboxylic acids is 1. The molecule has 4 heteroatoms. The second-order valence-corrected chi connectivity index (χ2v) is 5.11. The minimum atomic E-state index is -0.000360. The van der Waals surface area contributed by atoms with Gasteiger partial charge in [0.05, 0.1) is 12.8 Å². The molecule has 2 aromatic rings. The SMILES string of the molecule is CN(CC(=O)c1ccco1)Cc1ccc(Br)cc1. The second-order valence-electron chi connectivity index (χ2n) is 4.20. The average molecular weight is 308 g/mol. The molecule has 18 heavy (non-hydrogen) atoms. The topological polar surface area (TPSA) is 33.5 Å². The molecule has 0 unspecified atom stereocenters. The molecule has 0 aliphatic carbocycles. The van der Waals surface area contributed by atoms with Crippen molar-refractivity contribution in [1.82, 2.24) is 4.90 Å². The van der Waals surface area contributed by atoms with Crippen molar-refractivity contribution in [2.45, 2.75) is 6.54 Å². The van der Waals surface area contributed by atoms with Crippen molar-refractivity contribution < 1.29 is 9.21 Å². The van der Waals surface area contributed by atoms with E-state index in [2.05, 4.69) is 15.9 Å². The molecule has 0 N–H and O–H groups in total. The number of nitrogens with zero attached hydrogens (tertiary/aromatic N) is 1. The third kappa shape index (κ3) is 3.55. The summed E-state index contributed by atoms with van der Waals surface area (Å²) in [6.07, 6.45) is 1.52. The summed E-state index contributed by atoms with van der Waals surface area (Å²) in [4.78, 5) is 13.8. The predicted octanol–water partition coefficient (Wildman–Crippen LogP) is 3.36. The van der Waals surface area contributed by atoms with Gasteiger partial charge in [0.1, 0.15) is 0 Å². The Morgan fingerprint density at radius 3 is 2.61 bits per heavy atom. The lowest BCUT2D eigenvalue weighted by Gasteiger charge is -2.15. The first-order valence-corrected chi connectivity index (χ1v) is 6.44. The number of hydrogen-bond acceptors (Lipinski definition) is 3. The van der Waals surface area contributed by atoms with Crippen molar-refractivity contribution in [1.29, 1.82) is 0 Å². The van der Waals surface area contributed by atoms with Crippen LogP contribution in [-0.4, -0.2) is 24.3 Å². The van der Waals surface area contributed by atoms with Crippen molar-refractivity contribution in [3.8, 4) is 0 Å². The molecule has 1 heterocycles. The Balaban J connectivity index is 1.90. The molecule has 0 radical (unpaired) electrons. The van der Waals surface area contributed by atoms with Crippen LogP contribution in [-0.2, 0) is 6.54 Å². The monoisotopic (exact) mass is 307 g/mol. The fourth-order valence-electron chi connectivity index (χ4n) is 1.72. The highest BCUT2D eigenvalue weighted by atomic mass is 79.9. The third-order valence-corrected chi connectivity index (χ3v) is 3.10. The summed E-state index contributed by atoms with van der Waals surface area (Å²) in [5.41, 5.74) is 1.17. The predicted molar refractivity (Wildman–Crippen MR) is 73.5 cm³/mol. The zero-order chi connectivity index (χ0) is 13.0. The van der Waals surface area contributed by atoms with Gasteiger partial charge in [0.25, 0.3) is 0 Å². The Kier molecular flexibility index (Phi) is 4.33. The average Bonchev–Trinajstić information content (AvgIpc) is 2.85. The van der Waals surface area contributed by atoms with Crippen molar-refractivity contribution in [3.63, 3.8) is 0 Å². The van der Waals surface area contributed by atoms with Gasteiger partial charge in [-0.25, -0.2) is 0 Å². The number of ketones is 1. The summed E-state index contributed by atoms with van der Waals surface area (Å²) in [5.74, 6) is 0.414. The molecule has 3 nitrogen and oxygen atoms in total. The molecular weight excluding hydrogens is 294 g/mol. The first kappa shape index (κ1) is 13.1. The standard InChI is InChI=1S/C14H14BrNO2/c1-16(9-11-4-6-12(15)7-5-11)10-13(17)14-3-2-8-18-14/h2-8H,9-10H2,1H3. The van der Waals surface area contributed by atoms with E-state index in [1.807, 2.05) is 36.2 Å². The van der Waals surface area contributed by atoms with Crippen LogP contribution in [0.4, 0.5) is 0 Å². The van der Waals surface area contributed by atoms with Crippen molar-refractivity contribution in [3.05, 3.63) is 58.5 Å². The van der Waals surface area contributed by atoms with Gasteiger partial charge in [-0.15, -0.1) is 0 Å². The molecular formula is C14H14BrNO2. The molecule has 0 fully saturated rings. The summed E-state index contributed by atoms with van der Waals surface area (Å²) >= 11 is 3.40. The maximum Gasteiger partial charge on any atom is 0.211 e. The fourth-order valence-corrected chi connectivity index (χ4v) is 1.98. The number of carbonyl (C=O) groups is 1. The van der Waals surface area contributed by atoms with Gasteiger partial charge in [-0.05, 0) is 36.9 Å². The number of Topliss-reactive ketones (excluding diaryl/α,β-unsaturated/α-hetero) is 1. The number of halogens is 1. The summed E-state index contributed by atoms with van der Waals surface area (Å²) in [7, 11) is 1.92. The van der Waals surface area contributed by atoms with Gasteiger partial charge in [-0.2, -0.15) is 0 Å². The van der Waals surface area contributed by atoms with Gasteiger partial charge in [0.2, 0.25) is 5.78 Å². The summed E-state index contributed by atoms with van der Waals surface area (Å²) in [6.45, 7) is 1.09. The normalized spacial score (nSPS) is 10.8. The summed E-state index contributed by atoms with van der Waals surface area (Å²) in [6, 6.07) is 11.5. The fraction of sp³-hybridized carbons (Fsp3) is 0.214. The molecule has 0 saturated carbocycles. The largest absolute Gasteiger partial charge is 0.461 e. The van der Waals surface area contributed by atoms with Crippen LogP contribution in [0.15, 0.2) is 51.6 Å². The summed E-state index contributed by atoms with van der Waals surface area (Å²) in [5, 5.41) is 0. The highest BCUT2D eigenvalue weighted by molar-refractivity contribution is 9.10. The zero-order valence-electron chi connectivity index (χ0n) is 10.1. The summed E-state index contributed by atoms with van der Waals surface area (Å²) < 4.78 is 6.14. The number of furan rings is 1. The van der Waals surface area contributed by atoms with E-state index in [-0.39, 0.29) is 5.78 Å². The first-order valence-electron chi connectivity index (χ1n) is 5.65. The van der Waals surface area contributed by atoms with Crippen molar-refractivity contribution >= 4 is 21.7 Å². The maximum absolute atomic E-state index is 11.8.